The Bertz CT molecular complexity index is 1640. The van der Waals surface area contributed by atoms with E-state index in [0.29, 0.717) is 5.56 Å². The Morgan fingerprint density at radius 3 is 1.96 bits per heavy atom. The average molecular weight is 703 g/mol. The maximum atomic E-state index is 15.6. The highest BCUT2D eigenvalue weighted by molar-refractivity contribution is 5.95. The van der Waals surface area contributed by atoms with Crippen molar-refractivity contribution < 1.29 is 71.1 Å². The van der Waals surface area contributed by atoms with Crippen LogP contribution in [-0.2, 0) is 66.7 Å². The number of cyclic esters (lactones) is 1. The molecule has 272 valence electrons. The summed E-state index contributed by atoms with van der Waals surface area (Å²) in [5.41, 5.74) is -6.93. The quantitative estimate of drug-likeness (QED) is 0.228. The minimum atomic E-state index is -2.23. The number of esters is 6. The topological polar surface area (TPSA) is 197 Å². The van der Waals surface area contributed by atoms with Crippen molar-refractivity contribution in [3.05, 3.63) is 36.3 Å². The van der Waals surface area contributed by atoms with E-state index in [2.05, 4.69) is 6.58 Å². The number of ketones is 1. The van der Waals surface area contributed by atoms with E-state index in [-0.39, 0.29) is 5.57 Å². The maximum Gasteiger partial charge on any atom is 0.351 e. The van der Waals surface area contributed by atoms with Gasteiger partial charge in [0.25, 0.3) is 0 Å². The fraction of sp³-hybridized carbons (Fsp3) is 0.629. The zero-order chi connectivity index (χ0) is 37.3. The number of carbonyl (C=O) groups excluding carboxylic acids is 7. The second-order valence-electron chi connectivity index (χ2n) is 14.4. The lowest BCUT2D eigenvalue weighted by Gasteiger charge is -2.62. The van der Waals surface area contributed by atoms with Gasteiger partial charge in [-0.2, -0.15) is 0 Å². The molecule has 2 aliphatic carbocycles. The number of carbonyl (C=O) groups is 7. The number of hydrogen-bond donors (Lipinski definition) is 0. The van der Waals surface area contributed by atoms with E-state index in [1.54, 1.807) is 20.8 Å². The Hall–Kier alpha value is -4.53. The first kappa shape index (κ1) is 36.7. The zero-order valence-corrected chi connectivity index (χ0v) is 29.4. The normalized spacial score (nSPS) is 38.4. The van der Waals surface area contributed by atoms with Gasteiger partial charge in [-0.05, 0) is 31.4 Å². The summed E-state index contributed by atoms with van der Waals surface area (Å²) in [5.74, 6) is -8.26. The molecule has 0 unspecified atom stereocenters. The standard InChI is InChI=1S/C35H42O15/c1-15-23-25(41)33(8)21(13-22(40)43-10)32(6,7)28(47-18(4)38)24(45-16(2)36)29(33)50-35(15)30(48-19(5)39)31(42)49-26(20-11-12-44-14-20)34(35,9)27(23)46-17(3)37/h11-12,14,21,23-24,26-30H,1,13H2,2-10H3/t21-,23-,24-,26-,27-,28+,29-,30+,33-,34+,35+/m0/s1. The summed E-state index contributed by atoms with van der Waals surface area (Å²) in [4.78, 5) is 93.8. The van der Waals surface area contributed by atoms with Gasteiger partial charge in [0.15, 0.2) is 17.5 Å². The van der Waals surface area contributed by atoms with Gasteiger partial charge in [-0.15, -0.1) is 0 Å². The summed E-state index contributed by atoms with van der Waals surface area (Å²) < 4.78 is 46.8. The number of Topliss-reactive ketones (excluding diaryl/α,β-unsaturated/α-hetero) is 1. The number of fused-ring (bicyclic) bond motifs is 2. The van der Waals surface area contributed by atoms with E-state index in [1.165, 1.54) is 32.6 Å². The molecule has 15 nitrogen and oxygen atoms in total. The van der Waals surface area contributed by atoms with Gasteiger partial charge in [0, 0.05) is 38.7 Å². The molecule has 2 aliphatic heterocycles. The smallest absolute Gasteiger partial charge is 0.351 e. The van der Waals surface area contributed by atoms with Gasteiger partial charge >= 0.3 is 35.8 Å². The van der Waals surface area contributed by atoms with Gasteiger partial charge in [-0.1, -0.05) is 20.4 Å². The SMILES string of the molecule is C=C1[C@H]2C(=O)[C@@]3(C)[C@@H](O[C@@]14[C@H](OC(C)=O)C(=O)O[C@@H](c1ccoc1)[C@]4(C)[C@H]2OC(C)=O)[C@@H](OC(C)=O)[C@@H](OC(C)=O)C(C)(C)[C@@H]3CC(=O)OC. The summed E-state index contributed by atoms with van der Waals surface area (Å²) in [7, 11) is 1.17. The Labute approximate surface area is 288 Å². The predicted octanol–water partition coefficient (Wildman–Crippen LogP) is 2.73. The van der Waals surface area contributed by atoms with Crippen molar-refractivity contribution >= 4 is 41.6 Å². The third-order valence-corrected chi connectivity index (χ3v) is 11.2. The minimum Gasteiger partial charge on any atom is -0.472 e. The molecule has 3 heterocycles. The largest absolute Gasteiger partial charge is 0.472 e. The molecule has 2 bridgehead atoms. The molecule has 4 aliphatic rings. The van der Waals surface area contributed by atoms with Crippen LogP contribution in [-0.4, -0.2) is 84.8 Å². The van der Waals surface area contributed by atoms with Crippen LogP contribution in [0.2, 0.25) is 0 Å². The second-order valence-corrected chi connectivity index (χ2v) is 14.4. The van der Waals surface area contributed by atoms with E-state index < -0.39 is 118 Å². The molecule has 15 heteroatoms. The summed E-state index contributed by atoms with van der Waals surface area (Å²) in [6.07, 6.45) is -6.96. The third-order valence-electron chi connectivity index (χ3n) is 11.2. The molecule has 0 aromatic carbocycles. The van der Waals surface area contributed by atoms with Crippen LogP contribution < -0.4 is 0 Å². The maximum absolute atomic E-state index is 15.6. The summed E-state index contributed by atoms with van der Waals surface area (Å²) in [5, 5.41) is 0. The number of rotatable bonds is 7. The van der Waals surface area contributed by atoms with Crippen LogP contribution in [0, 0.1) is 28.1 Å². The molecule has 2 saturated heterocycles. The summed E-state index contributed by atoms with van der Waals surface area (Å²) >= 11 is 0. The highest BCUT2D eigenvalue weighted by Gasteiger charge is 2.84. The lowest BCUT2D eigenvalue weighted by molar-refractivity contribution is -0.317. The molecule has 1 spiro atoms. The van der Waals surface area contributed by atoms with Crippen LogP contribution in [0.5, 0.6) is 0 Å². The van der Waals surface area contributed by atoms with Gasteiger partial charge in [0.1, 0.15) is 24.4 Å². The van der Waals surface area contributed by atoms with Crippen molar-refractivity contribution in [1.82, 2.24) is 0 Å². The van der Waals surface area contributed by atoms with E-state index in [4.69, 9.17) is 37.6 Å². The molecule has 4 fully saturated rings. The molecule has 0 radical (unpaired) electrons. The molecule has 0 N–H and O–H groups in total. The first-order valence-electron chi connectivity index (χ1n) is 16.1. The van der Waals surface area contributed by atoms with E-state index in [0.717, 1.165) is 27.7 Å². The van der Waals surface area contributed by atoms with E-state index >= 15 is 4.79 Å². The molecule has 5 rings (SSSR count). The molecule has 1 aromatic rings. The van der Waals surface area contributed by atoms with Gasteiger partial charge in [-0.3, -0.25) is 28.8 Å². The first-order chi connectivity index (χ1) is 23.2. The van der Waals surface area contributed by atoms with Crippen molar-refractivity contribution in [3.63, 3.8) is 0 Å². The minimum absolute atomic E-state index is 0.0801. The Kier molecular flexibility index (Phi) is 9.08. The second kappa shape index (κ2) is 12.4. The van der Waals surface area contributed by atoms with Crippen LogP contribution in [0.25, 0.3) is 0 Å². The van der Waals surface area contributed by atoms with Crippen molar-refractivity contribution in [1.29, 1.82) is 0 Å². The number of furan rings is 1. The number of methoxy groups -OCH3 is 1. The van der Waals surface area contributed by atoms with Gasteiger partial charge in [0.05, 0.1) is 42.8 Å². The highest BCUT2D eigenvalue weighted by Crippen LogP contribution is 2.71. The Morgan fingerprint density at radius 2 is 1.44 bits per heavy atom. The molecule has 1 aromatic heterocycles. The van der Waals surface area contributed by atoms with Crippen LogP contribution in [0.3, 0.4) is 0 Å². The van der Waals surface area contributed by atoms with Crippen LogP contribution in [0.1, 0.15) is 73.5 Å². The van der Waals surface area contributed by atoms with Crippen LogP contribution in [0.15, 0.2) is 35.2 Å². The van der Waals surface area contributed by atoms with Crippen molar-refractivity contribution in [3.8, 4) is 0 Å². The molecule has 0 amide bonds. The van der Waals surface area contributed by atoms with Crippen LogP contribution in [0.4, 0.5) is 0 Å². The summed E-state index contributed by atoms with van der Waals surface area (Å²) in [6, 6.07) is 1.51. The molecule has 11 atom stereocenters. The fourth-order valence-corrected chi connectivity index (χ4v) is 9.21. The van der Waals surface area contributed by atoms with Gasteiger partial charge < -0.3 is 37.6 Å². The first-order valence-corrected chi connectivity index (χ1v) is 16.1. The lowest BCUT2D eigenvalue weighted by atomic mass is 9.49. The van der Waals surface area contributed by atoms with Crippen molar-refractivity contribution in [2.45, 2.75) is 104 Å². The van der Waals surface area contributed by atoms with Gasteiger partial charge in [-0.25, -0.2) is 4.79 Å². The lowest BCUT2D eigenvalue weighted by Crippen LogP contribution is -2.75. The van der Waals surface area contributed by atoms with Gasteiger partial charge in [0.2, 0.25) is 6.10 Å². The fourth-order valence-electron chi connectivity index (χ4n) is 9.21. The molecule has 50 heavy (non-hydrogen) atoms. The molecular formula is C35H42O15. The third kappa shape index (κ3) is 5.06. The van der Waals surface area contributed by atoms with E-state index in [9.17, 15) is 28.8 Å². The Morgan fingerprint density at radius 1 is 0.860 bits per heavy atom. The van der Waals surface area contributed by atoms with Crippen LogP contribution >= 0.6 is 0 Å². The monoisotopic (exact) mass is 702 g/mol. The highest BCUT2D eigenvalue weighted by atomic mass is 16.7. The molecular weight excluding hydrogens is 660 g/mol. The number of ether oxygens (including phenoxy) is 7. The predicted molar refractivity (Wildman–Crippen MR) is 165 cm³/mol. The van der Waals surface area contributed by atoms with E-state index in [1.807, 2.05) is 0 Å². The van der Waals surface area contributed by atoms with Crippen molar-refractivity contribution in [2.75, 3.05) is 7.11 Å². The number of hydrogen-bond acceptors (Lipinski definition) is 15. The molecule has 2 saturated carbocycles. The average Bonchev–Trinajstić information content (AvgIpc) is 3.59. The zero-order valence-electron chi connectivity index (χ0n) is 29.4. The summed E-state index contributed by atoms with van der Waals surface area (Å²) in [6.45, 7) is 15.1. The van der Waals surface area contributed by atoms with Crippen molar-refractivity contribution in [2.24, 2.45) is 28.1 Å². The Balaban J connectivity index is 1.91.